The van der Waals surface area contributed by atoms with Gasteiger partial charge < -0.3 is 9.63 Å². The van der Waals surface area contributed by atoms with Crippen LogP contribution >= 0.6 is 0 Å². The van der Waals surface area contributed by atoms with Crippen molar-refractivity contribution in [2.45, 2.75) is 58.2 Å². The summed E-state index contributed by atoms with van der Waals surface area (Å²) in [6.45, 7) is 8.03. The number of piperidine rings is 1. The Morgan fingerprint density at radius 3 is 2.91 bits per heavy atom. The van der Waals surface area contributed by atoms with Crippen LogP contribution in [-0.4, -0.2) is 48.2 Å². The standard InChI is InChI=1S/C15H24N6O2/c1-4-14-16-13(18-23-14)9-20-7-5-6-15(22,10-20)12-8-21(11(2)3)19-17-12/h8,11,22H,4-7,9-10H2,1-3H3/t15-/m0/s1. The third kappa shape index (κ3) is 3.42. The Morgan fingerprint density at radius 1 is 1.43 bits per heavy atom. The number of rotatable bonds is 5. The summed E-state index contributed by atoms with van der Waals surface area (Å²) in [6.07, 6.45) is 4.16. The van der Waals surface area contributed by atoms with Crippen LogP contribution < -0.4 is 0 Å². The lowest BCUT2D eigenvalue weighted by Gasteiger charge is -2.37. The minimum absolute atomic E-state index is 0.228. The van der Waals surface area contributed by atoms with Crippen LogP contribution in [-0.2, 0) is 18.6 Å². The zero-order chi connectivity index (χ0) is 16.4. The van der Waals surface area contributed by atoms with Crippen LogP contribution in [0.25, 0.3) is 0 Å². The zero-order valence-corrected chi connectivity index (χ0v) is 13.9. The fourth-order valence-corrected chi connectivity index (χ4v) is 2.91. The number of hydrogen-bond acceptors (Lipinski definition) is 7. The number of aliphatic hydroxyl groups is 1. The second-order valence-electron chi connectivity index (χ2n) is 6.48. The Kier molecular flexibility index (Phi) is 4.45. The van der Waals surface area contributed by atoms with Gasteiger partial charge in [-0.3, -0.25) is 4.90 Å². The Bertz CT molecular complexity index is 652. The van der Waals surface area contributed by atoms with Crippen molar-refractivity contribution in [1.82, 2.24) is 30.0 Å². The molecule has 0 unspecified atom stereocenters. The first kappa shape index (κ1) is 16.1. The van der Waals surface area contributed by atoms with Gasteiger partial charge in [-0.1, -0.05) is 17.3 Å². The molecular weight excluding hydrogens is 296 g/mol. The summed E-state index contributed by atoms with van der Waals surface area (Å²) in [4.78, 5) is 6.48. The molecule has 0 aliphatic carbocycles. The smallest absolute Gasteiger partial charge is 0.226 e. The van der Waals surface area contributed by atoms with E-state index in [2.05, 4.69) is 25.4 Å². The average molecular weight is 320 g/mol. The molecule has 3 heterocycles. The summed E-state index contributed by atoms with van der Waals surface area (Å²) in [6, 6.07) is 0.228. The molecule has 1 N–H and O–H groups in total. The minimum atomic E-state index is -0.970. The predicted molar refractivity (Wildman–Crippen MR) is 82.5 cm³/mol. The molecule has 8 heteroatoms. The normalized spacial score (nSPS) is 22.8. The SMILES string of the molecule is CCc1nc(CN2CCC[C@@](O)(c3cn(C(C)C)nn3)C2)no1. The van der Waals surface area contributed by atoms with Crippen molar-refractivity contribution in [2.75, 3.05) is 13.1 Å². The van der Waals surface area contributed by atoms with E-state index in [1.165, 1.54) is 0 Å². The van der Waals surface area contributed by atoms with E-state index in [4.69, 9.17) is 4.52 Å². The van der Waals surface area contributed by atoms with E-state index in [-0.39, 0.29) is 6.04 Å². The second-order valence-corrected chi connectivity index (χ2v) is 6.48. The quantitative estimate of drug-likeness (QED) is 0.887. The van der Waals surface area contributed by atoms with Crippen molar-refractivity contribution in [3.8, 4) is 0 Å². The van der Waals surface area contributed by atoms with Crippen LogP contribution in [0.1, 0.15) is 57.1 Å². The molecule has 0 amide bonds. The summed E-state index contributed by atoms with van der Waals surface area (Å²) in [5.41, 5.74) is -0.332. The van der Waals surface area contributed by atoms with Crippen molar-refractivity contribution in [3.05, 3.63) is 23.6 Å². The van der Waals surface area contributed by atoms with Crippen LogP contribution in [0.3, 0.4) is 0 Å². The summed E-state index contributed by atoms with van der Waals surface area (Å²) in [5, 5.41) is 23.3. The maximum Gasteiger partial charge on any atom is 0.226 e. The summed E-state index contributed by atoms with van der Waals surface area (Å²) < 4.78 is 6.92. The Labute approximate surface area is 135 Å². The summed E-state index contributed by atoms with van der Waals surface area (Å²) in [5.74, 6) is 1.31. The predicted octanol–water partition coefficient (Wildman–Crippen LogP) is 1.29. The Hall–Kier alpha value is -1.80. The van der Waals surface area contributed by atoms with Crippen LogP contribution in [0.2, 0.25) is 0 Å². The van der Waals surface area contributed by atoms with E-state index < -0.39 is 5.60 Å². The van der Waals surface area contributed by atoms with Crippen molar-refractivity contribution < 1.29 is 9.63 Å². The number of β-amino-alcohol motifs (C(OH)–C–C–N with tert-alkyl or cyclic N) is 1. The molecule has 1 aliphatic heterocycles. The molecule has 0 radical (unpaired) electrons. The minimum Gasteiger partial charge on any atom is -0.382 e. The van der Waals surface area contributed by atoms with Crippen LogP contribution in [0, 0.1) is 0 Å². The van der Waals surface area contributed by atoms with E-state index in [1.54, 1.807) is 4.68 Å². The highest BCUT2D eigenvalue weighted by Crippen LogP contribution is 2.30. The van der Waals surface area contributed by atoms with E-state index in [0.717, 1.165) is 19.4 Å². The van der Waals surface area contributed by atoms with Gasteiger partial charge in [0.2, 0.25) is 5.89 Å². The molecule has 0 spiro atoms. The molecule has 0 bridgehead atoms. The molecule has 126 valence electrons. The molecule has 23 heavy (non-hydrogen) atoms. The lowest BCUT2D eigenvalue weighted by molar-refractivity contribution is -0.0422. The van der Waals surface area contributed by atoms with Gasteiger partial charge in [0, 0.05) is 19.0 Å². The van der Waals surface area contributed by atoms with Crippen LogP contribution in [0.5, 0.6) is 0 Å². The van der Waals surface area contributed by atoms with Gasteiger partial charge in [-0.25, -0.2) is 4.68 Å². The third-order valence-corrected chi connectivity index (χ3v) is 4.24. The van der Waals surface area contributed by atoms with Gasteiger partial charge in [0.1, 0.15) is 11.3 Å². The third-order valence-electron chi connectivity index (χ3n) is 4.24. The van der Waals surface area contributed by atoms with Gasteiger partial charge in [0.05, 0.1) is 12.7 Å². The van der Waals surface area contributed by atoms with E-state index in [0.29, 0.717) is 36.9 Å². The molecule has 1 fully saturated rings. The number of likely N-dealkylation sites (tertiary alicyclic amines) is 1. The second kappa shape index (κ2) is 6.37. The molecule has 0 saturated carbocycles. The van der Waals surface area contributed by atoms with Gasteiger partial charge in [0.25, 0.3) is 0 Å². The number of aromatic nitrogens is 5. The molecule has 2 aromatic rings. The largest absolute Gasteiger partial charge is 0.382 e. The molecule has 0 aromatic carbocycles. The van der Waals surface area contributed by atoms with Crippen LogP contribution in [0.4, 0.5) is 0 Å². The highest BCUT2D eigenvalue weighted by atomic mass is 16.5. The molecule has 2 aromatic heterocycles. The highest BCUT2D eigenvalue weighted by molar-refractivity contribution is 5.10. The first-order chi connectivity index (χ1) is 11.0. The monoisotopic (exact) mass is 320 g/mol. The van der Waals surface area contributed by atoms with E-state index in [9.17, 15) is 5.11 Å². The lowest BCUT2D eigenvalue weighted by Crippen LogP contribution is -2.46. The molecule has 3 rings (SSSR count). The Morgan fingerprint density at radius 2 is 2.26 bits per heavy atom. The van der Waals surface area contributed by atoms with Gasteiger partial charge in [0.15, 0.2) is 5.82 Å². The maximum atomic E-state index is 11.0. The molecular formula is C15H24N6O2. The fraction of sp³-hybridized carbons (Fsp3) is 0.733. The first-order valence-corrected chi connectivity index (χ1v) is 8.18. The molecule has 1 saturated heterocycles. The van der Waals surface area contributed by atoms with Gasteiger partial charge in [-0.05, 0) is 33.2 Å². The van der Waals surface area contributed by atoms with Crippen LogP contribution in [0.15, 0.2) is 10.7 Å². The summed E-state index contributed by atoms with van der Waals surface area (Å²) >= 11 is 0. The topological polar surface area (TPSA) is 93.1 Å². The molecule has 8 nitrogen and oxygen atoms in total. The number of hydrogen-bond donors (Lipinski definition) is 1. The zero-order valence-electron chi connectivity index (χ0n) is 13.9. The van der Waals surface area contributed by atoms with Crippen molar-refractivity contribution in [2.24, 2.45) is 0 Å². The van der Waals surface area contributed by atoms with Gasteiger partial charge in [-0.2, -0.15) is 4.98 Å². The highest BCUT2D eigenvalue weighted by Gasteiger charge is 2.38. The number of aryl methyl sites for hydroxylation is 1. The van der Waals surface area contributed by atoms with E-state index in [1.807, 2.05) is 27.0 Å². The van der Waals surface area contributed by atoms with Gasteiger partial charge >= 0.3 is 0 Å². The van der Waals surface area contributed by atoms with Crippen molar-refractivity contribution in [1.29, 1.82) is 0 Å². The summed E-state index contributed by atoms with van der Waals surface area (Å²) in [7, 11) is 0. The number of nitrogens with zero attached hydrogens (tertiary/aromatic N) is 6. The van der Waals surface area contributed by atoms with Crippen molar-refractivity contribution >= 4 is 0 Å². The molecule has 1 atom stereocenters. The van der Waals surface area contributed by atoms with Crippen molar-refractivity contribution in [3.63, 3.8) is 0 Å². The fourth-order valence-electron chi connectivity index (χ4n) is 2.91. The maximum absolute atomic E-state index is 11.0. The molecule has 1 aliphatic rings. The first-order valence-electron chi connectivity index (χ1n) is 8.18. The lowest BCUT2D eigenvalue weighted by atomic mass is 9.90. The average Bonchev–Trinajstić information content (AvgIpc) is 3.16. The Balaban J connectivity index is 1.70. The van der Waals surface area contributed by atoms with Gasteiger partial charge in [-0.15, -0.1) is 5.10 Å². The van der Waals surface area contributed by atoms with E-state index >= 15 is 0 Å².